The Hall–Kier alpha value is -6.72. The molecule has 0 amide bonds. The Morgan fingerprint density at radius 2 is 1.00 bits per heavy atom. The molecule has 0 N–H and O–H groups in total. The first-order valence-electron chi connectivity index (χ1n) is 17.2. The average Bonchev–Trinajstić information content (AvgIpc) is 3.71. The molecular formula is C46H35N5. The van der Waals surface area contributed by atoms with E-state index in [-0.39, 0.29) is 0 Å². The fraction of sp³-hybridized carbons (Fsp3) is 0.0435. The van der Waals surface area contributed by atoms with Crippen molar-refractivity contribution in [3.63, 3.8) is 0 Å². The monoisotopic (exact) mass is 657 g/mol. The van der Waals surface area contributed by atoms with Gasteiger partial charge in [0.2, 0.25) is 0 Å². The van der Waals surface area contributed by atoms with Crippen molar-refractivity contribution in [1.82, 2.24) is 9.24 Å². The molecule has 0 saturated carbocycles. The van der Waals surface area contributed by atoms with Crippen LogP contribution in [0.2, 0.25) is 0 Å². The van der Waals surface area contributed by atoms with E-state index in [0.29, 0.717) is 5.84 Å². The van der Waals surface area contributed by atoms with E-state index in [4.69, 9.17) is 4.99 Å². The molecule has 9 rings (SSSR count). The number of hydrogen-bond acceptors (Lipinski definition) is 1. The highest BCUT2D eigenvalue weighted by Gasteiger charge is 2.20. The van der Waals surface area contributed by atoms with Crippen molar-refractivity contribution in [2.75, 3.05) is 19.1 Å². The van der Waals surface area contributed by atoms with Crippen LogP contribution in [0.25, 0.3) is 60.4 Å². The number of fused-ring (bicyclic) bond motifs is 6. The summed E-state index contributed by atoms with van der Waals surface area (Å²) in [6, 6.07) is 62.1. The summed E-state index contributed by atoms with van der Waals surface area (Å²) in [6.45, 7) is 0. The number of aromatic nitrogens is 2. The second kappa shape index (κ2) is 12.6. The Labute approximate surface area is 296 Å². The number of rotatable bonds is 5. The molecule has 0 bridgehead atoms. The van der Waals surface area contributed by atoms with E-state index >= 15 is 0 Å². The van der Waals surface area contributed by atoms with E-state index in [1.807, 2.05) is 24.3 Å². The Balaban J connectivity index is 1.24. The average molecular weight is 658 g/mol. The van der Waals surface area contributed by atoms with Crippen molar-refractivity contribution >= 4 is 55.3 Å². The van der Waals surface area contributed by atoms with Gasteiger partial charge in [0.1, 0.15) is 0 Å². The summed E-state index contributed by atoms with van der Waals surface area (Å²) in [5, 5.41) is 7.00. The van der Waals surface area contributed by atoms with Crippen molar-refractivity contribution in [3.05, 3.63) is 187 Å². The Morgan fingerprint density at radius 1 is 0.471 bits per heavy atom. The van der Waals surface area contributed by atoms with E-state index in [2.05, 4.69) is 178 Å². The summed E-state index contributed by atoms with van der Waals surface area (Å²) in [5.41, 5.74) is 10.0. The lowest BCUT2D eigenvalue weighted by atomic mass is 10.0. The molecule has 5 nitrogen and oxygen atoms in total. The lowest BCUT2D eigenvalue weighted by molar-refractivity contribution is 0.865. The molecule has 0 spiro atoms. The van der Waals surface area contributed by atoms with Crippen molar-refractivity contribution < 1.29 is 0 Å². The van der Waals surface area contributed by atoms with Crippen LogP contribution in [0.1, 0.15) is 11.1 Å². The molecule has 0 aliphatic rings. The van der Waals surface area contributed by atoms with Crippen molar-refractivity contribution in [3.8, 4) is 16.8 Å². The summed E-state index contributed by atoms with van der Waals surface area (Å²) in [4.78, 5) is 9.87. The Morgan fingerprint density at radius 3 is 1.71 bits per heavy atom. The summed E-state index contributed by atoms with van der Waals surface area (Å²) < 4.78 is 4.65. The second-order valence-electron chi connectivity index (χ2n) is 12.7. The molecule has 2 heterocycles. The van der Waals surface area contributed by atoms with Crippen molar-refractivity contribution in [2.45, 2.75) is 0 Å². The van der Waals surface area contributed by atoms with Gasteiger partial charge in [0.05, 0.1) is 22.1 Å². The standard InChI is InChI=1S/C46H35N5/c1-47-45(32-16-6-3-7-17-32)48-46(33-18-8-4-9-19-33)49(2)51-43-25-15-13-22-37(43)39-28-26-35(31-44(39)51)34-27-29-42-40(30-34)38-23-12-14-24-41(38)50(42)36-20-10-5-11-21-36/h3-31H,1-2H3/b47-45-,48-46-. The number of amidine groups is 2. The number of nitrogens with zero attached hydrogens (tertiary/aromatic N) is 5. The van der Waals surface area contributed by atoms with Gasteiger partial charge in [0.25, 0.3) is 0 Å². The van der Waals surface area contributed by atoms with E-state index in [1.54, 1.807) is 7.05 Å². The van der Waals surface area contributed by atoms with Crippen LogP contribution in [0.4, 0.5) is 0 Å². The van der Waals surface area contributed by atoms with Crippen molar-refractivity contribution in [1.29, 1.82) is 0 Å². The number of benzene rings is 7. The fourth-order valence-electron chi connectivity index (χ4n) is 7.40. The molecule has 5 heteroatoms. The molecule has 9 aromatic rings. The molecule has 0 aliphatic carbocycles. The predicted molar refractivity (Wildman–Crippen MR) is 215 cm³/mol. The van der Waals surface area contributed by atoms with Crippen LogP contribution in [0.5, 0.6) is 0 Å². The summed E-state index contributed by atoms with van der Waals surface area (Å²) >= 11 is 0. The van der Waals surface area contributed by atoms with Crippen LogP contribution in [0.3, 0.4) is 0 Å². The third kappa shape index (κ3) is 5.18. The third-order valence-corrected chi connectivity index (χ3v) is 9.76. The summed E-state index contributed by atoms with van der Waals surface area (Å²) in [6.07, 6.45) is 0. The lowest BCUT2D eigenvalue weighted by Gasteiger charge is -2.25. The largest absolute Gasteiger partial charge is 0.309 e. The molecule has 0 atom stereocenters. The van der Waals surface area contributed by atoms with Gasteiger partial charge < -0.3 is 4.57 Å². The molecule has 7 aromatic carbocycles. The minimum Gasteiger partial charge on any atom is -0.309 e. The van der Waals surface area contributed by atoms with Crippen LogP contribution in [-0.2, 0) is 0 Å². The van der Waals surface area contributed by atoms with Gasteiger partial charge in [-0.15, -0.1) is 0 Å². The molecule has 0 saturated heterocycles. The minimum absolute atomic E-state index is 0.672. The number of hydrogen-bond donors (Lipinski definition) is 0. The van der Waals surface area contributed by atoms with Crippen LogP contribution in [0.15, 0.2) is 186 Å². The minimum atomic E-state index is 0.672. The molecule has 0 radical (unpaired) electrons. The molecule has 0 aliphatic heterocycles. The predicted octanol–water partition coefficient (Wildman–Crippen LogP) is 10.6. The first-order chi connectivity index (χ1) is 25.2. The molecule has 0 unspecified atom stereocenters. The highest BCUT2D eigenvalue weighted by molar-refractivity contribution is 6.17. The summed E-state index contributed by atoms with van der Waals surface area (Å²) in [5.74, 6) is 1.47. The normalized spacial score (nSPS) is 12.4. The molecule has 0 fully saturated rings. The number of para-hydroxylation sites is 3. The zero-order valence-corrected chi connectivity index (χ0v) is 28.5. The van der Waals surface area contributed by atoms with Gasteiger partial charge in [-0.25, -0.2) is 4.99 Å². The maximum absolute atomic E-state index is 5.24. The van der Waals surface area contributed by atoms with Crippen LogP contribution < -0.4 is 5.01 Å². The van der Waals surface area contributed by atoms with Gasteiger partial charge in [-0.3, -0.25) is 14.7 Å². The van der Waals surface area contributed by atoms with Gasteiger partial charge in [0.15, 0.2) is 11.7 Å². The van der Waals surface area contributed by atoms with Gasteiger partial charge in [-0.1, -0.05) is 133 Å². The Bertz CT molecular complexity index is 2750. The lowest BCUT2D eigenvalue weighted by Crippen LogP contribution is -2.37. The highest BCUT2D eigenvalue weighted by atomic mass is 15.6. The van der Waals surface area contributed by atoms with Crippen LogP contribution in [0, 0.1) is 0 Å². The van der Waals surface area contributed by atoms with E-state index in [0.717, 1.165) is 39.2 Å². The molecule has 51 heavy (non-hydrogen) atoms. The zero-order valence-electron chi connectivity index (χ0n) is 28.5. The van der Waals surface area contributed by atoms with Crippen LogP contribution >= 0.6 is 0 Å². The van der Waals surface area contributed by atoms with E-state index in [9.17, 15) is 0 Å². The Kier molecular flexibility index (Phi) is 7.51. The van der Waals surface area contributed by atoms with Gasteiger partial charge in [-0.2, -0.15) is 0 Å². The first-order valence-corrected chi connectivity index (χ1v) is 17.2. The molecular weight excluding hydrogens is 623 g/mol. The topological polar surface area (TPSA) is 37.8 Å². The first kappa shape index (κ1) is 30.3. The summed E-state index contributed by atoms with van der Waals surface area (Å²) in [7, 11) is 3.89. The van der Waals surface area contributed by atoms with E-state index < -0.39 is 0 Å². The molecule has 244 valence electrons. The van der Waals surface area contributed by atoms with E-state index in [1.165, 1.54) is 38.1 Å². The van der Waals surface area contributed by atoms with Crippen LogP contribution in [-0.4, -0.2) is 35.0 Å². The smallest absolute Gasteiger partial charge is 0.157 e. The molecule has 2 aromatic heterocycles. The van der Waals surface area contributed by atoms with Gasteiger partial charge in [-0.05, 0) is 53.6 Å². The van der Waals surface area contributed by atoms with Crippen molar-refractivity contribution in [2.24, 2.45) is 9.98 Å². The zero-order chi connectivity index (χ0) is 34.3. The SMILES string of the molecule is C/N=C(\N=C(\c1ccccc1)N(C)n1c2ccccc2c2ccc(-c3ccc4c(c3)c3ccccc3n4-c3ccccc3)cc21)c1ccccc1. The maximum Gasteiger partial charge on any atom is 0.157 e. The van der Waals surface area contributed by atoms with Gasteiger partial charge in [0, 0.05) is 52.5 Å². The quantitative estimate of drug-likeness (QED) is 0.134. The highest BCUT2D eigenvalue weighted by Crippen LogP contribution is 2.37. The third-order valence-electron chi connectivity index (χ3n) is 9.76. The number of aliphatic imine (C=N–C) groups is 2. The fourth-order valence-corrected chi connectivity index (χ4v) is 7.40. The van der Waals surface area contributed by atoms with Gasteiger partial charge >= 0.3 is 0 Å². The maximum atomic E-state index is 5.24. The second-order valence-corrected chi connectivity index (χ2v) is 12.7.